The molecule has 1 aliphatic carbocycles. The van der Waals surface area contributed by atoms with Gasteiger partial charge in [-0.05, 0) is 44.7 Å². The number of carbonyl (C=O) groups excluding carboxylic acids is 1. The summed E-state index contributed by atoms with van der Waals surface area (Å²) in [7, 11) is 0. The Kier molecular flexibility index (Phi) is 2.94. The Morgan fingerprint density at radius 3 is 2.94 bits per heavy atom. The summed E-state index contributed by atoms with van der Waals surface area (Å²) in [5, 5.41) is 3.10. The van der Waals surface area contributed by atoms with E-state index in [9.17, 15) is 4.79 Å². The molecule has 0 radical (unpaired) electrons. The minimum absolute atomic E-state index is 0.0279. The SMILES string of the molecule is Cc1cccc(N2CCC[C@@H]2C(=O)NC2CC2)n1. The highest BCUT2D eigenvalue weighted by Crippen LogP contribution is 2.26. The molecule has 1 atom stereocenters. The van der Waals surface area contributed by atoms with Crippen LogP contribution < -0.4 is 10.2 Å². The smallest absolute Gasteiger partial charge is 0.242 e. The molecular formula is C14H19N3O. The summed E-state index contributed by atoms with van der Waals surface area (Å²) in [6, 6.07) is 6.39. The van der Waals surface area contributed by atoms with Crippen LogP contribution in [0.2, 0.25) is 0 Å². The maximum atomic E-state index is 12.2. The number of hydrogen-bond donors (Lipinski definition) is 1. The monoisotopic (exact) mass is 245 g/mol. The quantitative estimate of drug-likeness (QED) is 0.880. The predicted octanol–water partition coefficient (Wildman–Crippen LogP) is 1.64. The van der Waals surface area contributed by atoms with E-state index in [1.54, 1.807) is 0 Å². The van der Waals surface area contributed by atoms with Gasteiger partial charge in [-0.15, -0.1) is 0 Å². The number of hydrogen-bond acceptors (Lipinski definition) is 3. The van der Waals surface area contributed by atoms with Crippen molar-refractivity contribution in [2.45, 2.75) is 44.7 Å². The fourth-order valence-electron chi connectivity index (χ4n) is 2.53. The van der Waals surface area contributed by atoms with Crippen molar-refractivity contribution in [3.05, 3.63) is 23.9 Å². The number of aromatic nitrogens is 1. The third-order valence-corrected chi connectivity index (χ3v) is 3.65. The summed E-state index contributed by atoms with van der Waals surface area (Å²) in [6.45, 7) is 2.91. The zero-order valence-electron chi connectivity index (χ0n) is 10.7. The van der Waals surface area contributed by atoms with Gasteiger partial charge in [-0.2, -0.15) is 0 Å². The second-order valence-corrected chi connectivity index (χ2v) is 5.27. The van der Waals surface area contributed by atoms with E-state index in [1.165, 1.54) is 0 Å². The van der Waals surface area contributed by atoms with Crippen LogP contribution in [-0.2, 0) is 4.79 Å². The van der Waals surface area contributed by atoms with Crippen molar-refractivity contribution < 1.29 is 4.79 Å². The molecule has 1 aromatic rings. The van der Waals surface area contributed by atoms with Gasteiger partial charge in [-0.1, -0.05) is 6.07 Å². The number of nitrogens with zero attached hydrogens (tertiary/aromatic N) is 2. The minimum atomic E-state index is -0.0279. The third kappa shape index (κ3) is 2.33. The third-order valence-electron chi connectivity index (χ3n) is 3.65. The predicted molar refractivity (Wildman–Crippen MR) is 70.5 cm³/mol. The molecule has 1 aliphatic heterocycles. The molecule has 3 rings (SSSR count). The van der Waals surface area contributed by atoms with Gasteiger partial charge in [0, 0.05) is 18.3 Å². The Labute approximate surface area is 107 Å². The number of amides is 1. The van der Waals surface area contributed by atoms with Crippen LogP contribution in [0.5, 0.6) is 0 Å². The van der Waals surface area contributed by atoms with Gasteiger partial charge in [0.1, 0.15) is 11.9 Å². The number of rotatable bonds is 3. The first-order chi connectivity index (χ1) is 8.74. The van der Waals surface area contributed by atoms with Crippen LogP contribution in [0.25, 0.3) is 0 Å². The van der Waals surface area contributed by atoms with E-state index >= 15 is 0 Å². The lowest BCUT2D eigenvalue weighted by Gasteiger charge is -2.25. The van der Waals surface area contributed by atoms with E-state index in [0.29, 0.717) is 6.04 Å². The van der Waals surface area contributed by atoms with Crippen LogP contribution in [0.4, 0.5) is 5.82 Å². The molecule has 1 saturated carbocycles. The molecule has 2 heterocycles. The van der Waals surface area contributed by atoms with Crippen molar-refractivity contribution in [3.8, 4) is 0 Å². The molecule has 0 spiro atoms. The van der Waals surface area contributed by atoms with Gasteiger partial charge in [-0.3, -0.25) is 4.79 Å². The average Bonchev–Trinajstić information content (AvgIpc) is 3.03. The van der Waals surface area contributed by atoms with Gasteiger partial charge < -0.3 is 10.2 Å². The lowest BCUT2D eigenvalue weighted by atomic mass is 10.2. The van der Waals surface area contributed by atoms with Gasteiger partial charge in [0.15, 0.2) is 0 Å². The largest absolute Gasteiger partial charge is 0.352 e. The number of aryl methyl sites for hydroxylation is 1. The fraction of sp³-hybridized carbons (Fsp3) is 0.571. The van der Waals surface area contributed by atoms with Crippen molar-refractivity contribution in [2.24, 2.45) is 0 Å². The second kappa shape index (κ2) is 4.59. The van der Waals surface area contributed by atoms with Gasteiger partial charge >= 0.3 is 0 Å². The topological polar surface area (TPSA) is 45.2 Å². The highest BCUT2D eigenvalue weighted by atomic mass is 16.2. The summed E-state index contributed by atoms with van der Waals surface area (Å²) < 4.78 is 0. The van der Waals surface area contributed by atoms with E-state index in [-0.39, 0.29) is 11.9 Å². The Morgan fingerprint density at radius 2 is 2.22 bits per heavy atom. The van der Waals surface area contributed by atoms with Gasteiger partial charge in [0.25, 0.3) is 0 Å². The lowest BCUT2D eigenvalue weighted by molar-refractivity contribution is -0.122. The van der Waals surface area contributed by atoms with E-state index in [0.717, 1.165) is 43.7 Å². The highest BCUT2D eigenvalue weighted by molar-refractivity contribution is 5.86. The molecule has 18 heavy (non-hydrogen) atoms. The van der Waals surface area contributed by atoms with Crippen molar-refractivity contribution in [2.75, 3.05) is 11.4 Å². The molecule has 96 valence electrons. The maximum Gasteiger partial charge on any atom is 0.242 e. The zero-order chi connectivity index (χ0) is 12.5. The number of anilines is 1. The molecule has 1 N–H and O–H groups in total. The Hall–Kier alpha value is -1.58. The van der Waals surface area contributed by atoms with E-state index in [2.05, 4.69) is 15.2 Å². The van der Waals surface area contributed by atoms with Crippen molar-refractivity contribution in [1.82, 2.24) is 10.3 Å². The minimum Gasteiger partial charge on any atom is -0.352 e. The van der Waals surface area contributed by atoms with Crippen LogP contribution in [0.3, 0.4) is 0 Å². The Morgan fingerprint density at radius 1 is 1.39 bits per heavy atom. The lowest BCUT2D eigenvalue weighted by Crippen LogP contribution is -2.44. The van der Waals surface area contributed by atoms with Gasteiger partial charge in [0.05, 0.1) is 0 Å². The van der Waals surface area contributed by atoms with Crippen LogP contribution in [-0.4, -0.2) is 29.5 Å². The number of nitrogens with one attached hydrogen (secondary N) is 1. The summed E-state index contributed by atoms with van der Waals surface area (Å²) >= 11 is 0. The van der Waals surface area contributed by atoms with E-state index in [4.69, 9.17) is 0 Å². The van der Waals surface area contributed by atoms with Crippen molar-refractivity contribution in [1.29, 1.82) is 0 Å². The molecular weight excluding hydrogens is 226 g/mol. The second-order valence-electron chi connectivity index (χ2n) is 5.27. The molecule has 1 amide bonds. The van der Waals surface area contributed by atoms with Gasteiger partial charge in [-0.25, -0.2) is 4.98 Å². The van der Waals surface area contributed by atoms with E-state index < -0.39 is 0 Å². The van der Waals surface area contributed by atoms with Crippen LogP contribution in [0, 0.1) is 6.92 Å². The van der Waals surface area contributed by atoms with Crippen molar-refractivity contribution in [3.63, 3.8) is 0 Å². The van der Waals surface area contributed by atoms with Crippen LogP contribution in [0.15, 0.2) is 18.2 Å². The standard InChI is InChI=1S/C14H19N3O/c1-10-4-2-6-13(15-10)17-9-3-5-12(17)14(18)16-11-7-8-11/h2,4,6,11-12H,3,5,7-9H2,1H3,(H,16,18)/t12-/m1/s1. The van der Waals surface area contributed by atoms with Crippen LogP contribution in [0.1, 0.15) is 31.4 Å². The molecule has 0 aromatic carbocycles. The zero-order valence-corrected chi connectivity index (χ0v) is 10.7. The first kappa shape index (κ1) is 11.5. The molecule has 2 aliphatic rings. The molecule has 4 nitrogen and oxygen atoms in total. The average molecular weight is 245 g/mol. The first-order valence-electron chi connectivity index (χ1n) is 6.75. The van der Waals surface area contributed by atoms with Gasteiger partial charge in [0.2, 0.25) is 5.91 Å². The highest BCUT2D eigenvalue weighted by Gasteiger charge is 2.34. The summed E-state index contributed by atoms with van der Waals surface area (Å²) in [4.78, 5) is 18.9. The number of carbonyl (C=O) groups is 1. The van der Waals surface area contributed by atoms with E-state index in [1.807, 2.05) is 25.1 Å². The summed E-state index contributed by atoms with van der Waals surface area (Å²) in [6.07, 6.45) is 4.29. The molecule has 0 unspecified atom stereocenters. The van der Waals surface area contributed by atoms with Crippen LogP contribution >= 0.6 is 0 Å². The normalized spacial score (nSPS) is 23.2. The molecule has 0 bridgehead atoms. The maximum absolute atomic E-state index is 12.2. The first-order valence-corrected chi connectivity index (χ1v) is 6.75. The Bertz CT molecular complexity index is 456. The summed E-state index contributed by atoms with van der Waals surface area (Å²) in [5.74, 6) is 1.11. The molecule has 2 fully saturated rings. The van der Waals surface area contributed by atoms with Crippen molar-refractivity contribution >= 4 is 11.7 Å². The number of pyridine rings is 1. The fourth-order valence-corrected chi connectivity index (χ4v) is 2.53. The molecule has 4 heteroatoms. The molecule has 1 saturated heterocycles. The Balaban J connectivity index is 1.75. The summed E-state index contributed by atoms with van der Waals surface area (Å²) in [5.41, 5.74) is 1.00. The molecule has 1 aromatic heterocycles.